The standard InChI is InChI=1S/C14H15NO5/c1-9(16)15-11(7-10-5-3-2-4-6-10)12(17)8-13(18)14(19)20/h2-6,11H,7-8H2,1H3,(H,15,16)(H,19,20)/t11-/m0/s1. The van der Waals surface area contributed by atoms with E-state index in [4.69, 9.17) is 5.11 Å². The number of carbonyl (C=O) groups excluding carboxylic acids is 3. The number of carboxylic acids is 1. The van der Waals surface area contributed by atoms with Crippen molar-refractivity contribution in [2.75, 3.05) is 0 Å². The Bertz CT molecular complexity index is 524. The van der Waals surface area contributed by atoms with Crippen molar-refractivity contribution >= 4 is 23.4 Å². The van der Waals surface area contributed by atoms with Gasteiger partial charge in [0.15, 0.2) is 5.78 Å². The smallest absolute Gasteiger partial charge is 0.372 e. The molecule has 20 heavy (non-hydrogen) atoms. The van der Waals surface area contributed by atoms with Crippen LogP contribution < -0.4 is 5.32 Å². The fourth-order valence-corrected chi connectivity index (χ4v) is 1.70. The summed E-state index contributed by atoms with van der Waals surface area (Å²) in [7, 11) is 0. The maximum absolute atomic E-state index is 11.9. The van der Waals surface area contributed by atoms with Gasteiger partial charge in [-0.05, 0) is 12.0 Å². The third-order valence-corrected chi connectivity index (χ3v) is 2.62. The van der Waals surface area contributed by atoms with E-state index < -0.39 is 35.9 Å². The van der Waals surface area contributed by atoms with Crippen LogP contribution in [-0.4, -0.2) is 34.6 Å². The van der Waals surface area contributed by atoms with E-state index in [2.05, 4.69) is 5.32 Å². The van der Waals surface area contributed by atoms with Crippen LogP contribution in [0.15, 0.2) is 30.3 Å². The van der Waals surface area contributed by atoms with Crippen molar-refractivity contribution in [3.63, 3.8) is 0 Å². The molecule has 0 fully saturated rings. The first-order valence-electron chi connectivity index (χ1n) is 6.00. The van der Waals surface area contributed by atoms with Crippen LogP contribution in [0, 0.1) is 0 Å². The van der Waals surface area contributed by atoms with Gasteiger partial charge in [0.25, 0.3) is 0 Å². The number of amides is 1. The highest BCUT2D eigenvalue weighted by atomic mass is 16.4. The predicted octanol–water partition coefficient (Wildman–Crippen LogP) is 0.347. The van der Waals surface area contributed by atoms with Crippen LogP contribution in [0.1, 0.15) is 18.9 Å². The zero-order valence-corrected chi connectivity index (χ0v) is 11.0. The molecule has 6 heteroatoms. The van der Waals surface area contributed by atoms with E-state index in [1.165, 1.54) is 6.92 Å². The van der Waals surface area contributed by atoms with Gasteiger partial charge in [-0.3, -0.25) is 14.4 Å². The number of Topliss-reactive ketones (excluding diaryl/α,β-unsaturated/α-hetero) is 2. The fraction of sp³-hybridized carbons (Fsp3) is 0.286. The van der Waals surface area contributed by atoms with E-state index in [-0.39, 0.29) is 6.42 Å². The number of aliphatic carboxylic acids is 1. The summed E-state index contributed by atoms with van der Waals surface area (Å²) in [6.45, 7) is 1.25. The minimum atomic E-state index is -1.65. The predicted molar refractivity (Wildman–Crippen MR) is 70.0 cm³/mol. The third kappa shape index (κ3) is 5.01. The molecule has 6 nitrogen and oxygen atoms in total. The molecule has 1 rings (SSSR count). The van der Waals surface area contributed by atoms with Gasteiger partial charge in [0, 0.05) is 6.92 Å². The number of benzene rings is 1. The van der Waals surface area contributed by atoms with Crippen molar-refractivity contribution in [3.8, 4) is 0 Å². The number of hydrogen-bond donors (Lipinski definition) is 2. The van der Waals surface area contributed by atoms with E-state index in [1.54, 1.807) is 24.3 Å². The molecule has 1 aromatic rings. The van der Waals surface area contributed by atoms with E-state index in [0.29, 0.717) is 0 Å². The first-order valence-corrected chi connectivity index (χ1v) is 6.00. The number of carbonyl (C=O) groups is 4. The fourth-order valence-electron chi connectivity index (χ4n) is 1.70. The highest BCUT2D eigenvalue weighted by molar-refractivity contribution is 6.36. The highest BCUT2D eigenvalue weighted by Gasteiger charge is 2.24. The second kappa shape index (κ2) is 7.18. The largest absolute Gasteiger partial charge is 0.475 e. The summed E-state index contributed by atoms with van der Waals surface area (Å²) in [5.74, 6) is -3.86. The van der Waals surface area contributed by atoms with Crippen molar-refractivity contribution in [1.29, 1.82) is 0 Å². The molecule has 0 bridgehead atoms. The molecule has 0 unspecified atom stereocenters. The van der Waals surface area contributed by atoms with Gasteiger partial charge in [-0.15, -0.1) is 0 Å². The molecule has 0 aliphatic rings. The summed E-state index contributed by atoms with van der Waals surface area (Å²) >= 11 is 0. The van der Waals surface area contributed by atoms with E-state index >= 15 is 0 Å². The van der Waals surface area contributed by atoms with Crippen LogP contribution in [0.3, 0.4) is 0 Å². The molecule has 0 aromatic heterocycles. The molecule has 1 amide bonds. The monoisotopic (exact) mass is 277 g/mol. The summed E-state index contributed by atoms with van der Waals surface area (Å²) in [4.78, 5) is 44.5. The Labute approximate surface area is 115 Å². The number of ketones is 2. The van der Waals surface area contributed by atoms with Crippen molar-refractivity contribution in [2.24, 2.45) is 0 Å². The average molecular weight is 277 g/mol. The topological polar surface area (TPSA) is 101 Å². The van der Waals surface area contributed by atoms with Gasteiger partial charge in [0.05, 0.1) is 12.5 Å². The molecule has 0 radical (unpaired) electrons. The summed E-state index contributed by atoms with van der Waals surface area (Å²) in [6.07, 6.45) is -0.515. The van der Waals surface area contributed by atoms with Gasteiger partial charge in [0.1, 0.15) is 0 Å². The molecule has 0 spiro atoms. The van der Waals surface area contributed by atoms with Crippen LogP contribution in [0.5, 0.6) is 0 Å². The second-order valence-corrected chi connectivity index (χ2v) is 4.31. The van der Waals surface area contributed by atoms with Crippen LogP contribution in [0.4, 0.5) is 0 Å². The van der Waals surface area contributed by atoms with Crippen LogP contribution >= 0.6 is 0 Å². The first-order chi connectivity index (χ1) is 9.40. The lowest BCUT2D eigenvalue weighted by Crippen LogP contribution is -2.42. The van der Waals surface area contributed by atoms with E-state index in [1.807, 2.05) is 6.07 Å². The molecule has 1 aromatic carbocycles. The quantitative estimate of drug-likeness (QED) is 0.553. The number of rotatable bonds is 7. The molecule has 1 atom stereocenters. The third-order valence-electron chi connectivity index (χ3n) is 2.62. The van der Waals surface area contributed by atoms with Crippen LogP contribution in [-0.2, 0) is 25.6 Å². The van der Waals surface area contributed by atoms with Crippen molar-refractivity contribution in [3.05, 3.63) is 35.9 Å². The van der Waals surface area contributed by atoms with Gasteiger partial charge >= 0.3 is 5.97 Å². The van der Waals surface area contributed by atoms with Crippen molar-refractivity contribution in [1.82, 2.24) is 5.32 Å². The molecule has 2 N–H and O–H groups in total. The molecule has 0 heterocycles. The van der Waals surface area contributed by atoms with E-state index in [9.17, 15) is 19.2 Å². The summed E-state index contributed by atoms with van der Waals surface area (Å²) < 4.78 is 0. The lowest BCUT2D eigenvalue weighted by Gasteiger charge is -2.16. The lowest BCUT2D eigenvalue weighted by atomic mass is 9.99. The van der Waals surface area contributed by atoms with Crippen LogP contribution in [0.2, 0.25) is 0 Å². The maximum atomic E-state index is 11.9. The molecule has 0 saturated heterocycles. The minimum Gasteiger partial charge on any atom is -0.475 e. The normalized spacial score (nSPS) is 11.4. The van der Waals surface area contributed by atoms with Gasteiger partial charge in [-0.25, -0.2) is 4.79 Å². The van der Waals surface area contributed by atoms with Crippen LogP contribution in [0.25, 0.3) is 0 Å². The second-order valence-electron chi connectivity index (χ2n) is 4.31. The Morgan fingerprint density at radius 1 is 1.15 bits per heavy atom. The SMILES string of the molecule is CC(=O)N[C@@H](Cc1ccccc1)C(=O)CC(=O)C(=O)O. The van der Waals surface area contributed by atoms with Gasteiger partial charge in [0.2, 0.25) is 11.7 Å². The zero-order valence-electron chi connectivity index (χ0n) is 11.0. The highest BCUT2D eigenvalue weighted by Crippen LogP contribution is 2.06. The maximum Gasteiger partial charge on any atom is 0.372 e. The lowest BCUT2D eigenvalue weighted by molar-refractivity contribution is -0.150. The average Bonchev–Trinajstić information content (AvgIpc) is 2.38. The molecule has 0 saturated carbocycles. The Morgan fingerprint density at radius 3 is 2.25 bits per heavy atom. The minimum absolute atomic E-state index is 0.214. The van der Waals surface area contributed by atoms with E-state index in [0.717, 1.165) is 5.56 Å². The number of hydrogen-bond acceptors (Lipinski definition) is 4. The zero-order chi connectivity index (χ0) is 15.1. The van der Waals surface area contributed by atoms with Crippen molar-refractivity contribution < 1.29 is 24.3 Å². The summed E-state index contributed by atoms with van der Waals surface area (Å²) in [6, 6.07) is 8.04. The number of carboxylic acid groups (broad SMARTS) is 1. The summed E-state index contributed by atoms with van der Waals surface area (Å²) in [5, 5.41) is 10.9. The summed E-state index contributed by atoms with van der Waals surface area (Å²) in [5.41, 5.74) is 0.808. The van der Waals surface area contributed by atoms with Crippen molar-refractivity contribution in [2.45, 2.75) is 25.8 Å². The Hall–Kier alpha value is -2.50. The molecular formula is C14H15NO5. The van der Waals surface area contributed by atoms with Gasteiger partial charge in [-0.2, -0.15) is 0 Å². The Morgan fingerprint density at radius 2 is 1.75 bits per heavy atom. The first kappa shape index (κ1) is 15.6. The molecule has 0 aliphatic carbocycles. The molecular weight excluding hydrogens is 262 g/mol. The Balaban J connectivity index is 2.78. The van der Waals surface area contributed by atoms with Gasteiger partial charge in [-0.1, -0.05) is 30.3 Å². The number of nitrogens with one attached hydrogen (secondary N) is 1. The van der Waals surface area contributed by atoms with Gasteiger partial charge < -0.3 is 10.4 Å². The molecule has 0 aliphatic heterocycles. The Kier molecular flexibility index (Phi) is 5.58. The molecule has 106 valence electrons.